The van der Waals surface area contributed by atoms with Crippen molar-refractivity contribution in [3.63, 3.8) is 0 Å². The Hall–Kier alpha value is -0.970. The third kappa shape index (κ3) is 6.54. The molecule has 0 aromatic heterocycles. The van der Waals surface area contributed by atoms with Crippen LogP contribution in [0.5, 0.6) is 0 Å². The lowest BCUT2D eigenvalue weighted by atomic mass is 9.95. The Kier molecular flexibility index (Phi) is 6.92. The van der Waals surface area contributed by atoms with Gasteiger partial charge in [-0.15, -0.1) is 0 Å². The summed E-state index contributed by atoms with van der Waals surface area (Å²) in [5.74, 6) is 6.02. The van der Waals surface area contributed by atoms with Gasteiger partial charge in [-0.2, -0.15) is 0 Å². The molecule has 0 aromatic rings. The molecule has 14 heavy (non-hydrogen) atoms. The predicted octanol–water partition coefficient (Wildman–Crippen LogP) is 2.63. The number of hydrogen-bond donors (Lipinski definition) is 0. The summed E-state index contributed by atoms with van der Waals surface area (Å²) in [6.45, 7) is 8.59. The molecule has 0 aliphatic rings. The topological polar surface area (TPSA) is 26.3 Å². The molecule has 0 fully saturated rings. The molecule has 1 atom stereocenters. The highest BCUT2D eigenvalue weighted by molar-refractivity contribution is 5.88. The predicted molar refractivity (Wildman–Crippen MR) is 57.6 cm³/mol. The lowest BCUT2D eigenvalue weighted by Crippen LogP contribution is -2.04. The van der Waals surface area contributed by atoms with E-state index in [1.807, 2.05) is 0 Å². The molecule has 0 radical (unpaired) electrons. The van der Waals surface area contributed by atoms with Crippen molar-refractivity contribution in [2.75, 3.05) is 6.61 Å². The first-order valence-electron chi connectivity index (χ1n) is 5.28. The Labute approximate surface area is 87.0 Å². The van der Waals surface area contributed by atoms with Gasteiger partial charge in [-0.1, -0.05) is 26.7 Å². The second kappa shape index (κ2) is 7.44. The third-order valence-electron chi connectivity index (χ3n) is 1.90. The van der Waals surface area contributed by atoms with Crippen molar-refractivity contribution in [3.8, 4) is 11.8 Å². The SMILES string of the molecule is CCOC(=O)C#CC(CC)CC(C)C. The zero-order chi connectivity index (χ0) is 11.0. The highest BCUT2D eigenvalue weighted by Crippen LogP contribution is 2.13. The van der Waals surface area contributed by atoms with Gasteiger partial charge in [0.25, 0.3) is 0 Å². The quantitative estimate of drug-likeness (QED) is 0.392. The van der Waals surface area contributed by atoms with Crippen molar-refractivity contribution >= 4 is 5.97 Å². The van der Waals surface area contributed by atoms with E-state index in [0.717, 1.165) is 12.8 Å². The minimum Gasteiger partial charge on any atom is -0.456 e. The second-order valence-electron chi connectivity index (χ2n) is 3.72. The molecule has 0 aromatic carbocycles. The first kappa shape index (κ1) is 13.0. The number of carbonyl (C=O) groups excluding carboxylic acids is 1. The lowest BCUT2D eigenvalue weighted by molar-refractivity contribution is -0.136. The molecular formula is C12H20O2. The smallest absolute Gasteiger partial charge is 0.384 e. The van der Waals surface area contributed by atoms with E-state index in [1.165, 1.54) is 0 Å². The van der Waals surface area contributed by atoms with Crippen LogP contribution in [0.3, 0.4) is 0 Å². The van der Waals surface area contributed by atoms with E-state index in [0.29, 0.717) is 18.4 Å². The Morgan fingerprint density at radius 2 is 2.00 bits per heavy atom. The van der Waals surface area contributed by atoms with Gasteiger partial charge in [0.2, 0.25) is 0 Å². The van der Waals surface area contributed by atoms with Crippen LogP contribution in [0.15, 0.2) is 0 Å². The number of hydrogen-bond acceptors (Lipinski definition) is 2. The van der Waals surface area contributed by atoms with Crippen molar-refractivity contribution in [3.05, 3.63) is 0 Å². The van der Waals surface area contributed by atoms with Crippen LogP contribution in [-0.4, -0.2) is 12.6 Å². The van der Waals surface area contributed by atoms with Crippen LogP contribution in [0.25, 0.3) is 0 Å². The average Bonchev–Trinajstić information content (AvgIpc) is 2.12. The average molecular weight is 196 g/mol. The zero-order valence-corrected chi connectivity index (χ0v) is 9.59. The number of esters is 1. The third-order valence-corrected chi connectivity index (χ3v) is 1.90. The fourth-order valence-electron chi connectivity index (χ4n) is 1.22. The van der Waals surface area contributed by atoms with Crippen LogP contribution < -0.4 is 0 Å². The number of ether oxygens (including phenoxy) is 1. The van der Waals surface area contributed by atoms with Crippen molar-refractivity contribution in [1.29, 1.82) is 0 Å². The largest absolute Gasteiger partial charge is 0.456 e. The fraction of sp³-hybridized carbons (Fsp3) is 0.750. The second-order valence-corrected chi connectivity index (χ2v) is 3.72. The molecule has 0 aliphatic carbocycles. The molecule has 0 amide bonds. The van der Waals surface area contributed by atoms with Gasteiger partial charge in [0.1, 0.15) is 0 Å². The summed E-state index contributed by atoms with van der Waals surface area (Å²) < 4.78 is 4.73. The van der Waals surface area contributed by atoms with E-state index in [9.17, 15) is 4.79 Å². The molecule has 80 valence electrons. The van der Waals surface area contributed by atoms with Gasteiger partial charge in [0.05, 0.1) is 6.61 Å². The van der Waals surface area contributed by atoms with Crippen molar-refractivity contribution in [2.24, 2.45) is 11.8 Å². The minimum absolute atomic E-state index is 0.319. The minimum atomic E-state index is -0.408. The van der Waals surface area contributed by atoms with E-state index in [1.54, 1.807) is 6.92 Å². The highest BCUT2D eigenvalue weighted by Gasteiger charge is 2.05. The number of rotatable bonds is 4. The van der Waals surface area contributed by atoms with Gasteiger partial charge in [-0.05, 0) is 25.7 Å². The summed E-state index contributed by atoms with van der Waals surface area (Å²) in [6.07, 6.45) is 2.04. The molecule has 1 unspecified atom stereocenters. The van der Waals surface area contributed by atoms with Crippen LogP contribution in [0.4, 0.5) is 0 Å². The van der Waals surface area contributed by atoms with Crippen LogP contribution in [0, 0.1) is 23.7 Å². The normalized spacial score (nSPS) is 11.8. The van der Waals surface area contributed by atoms with E-state index < -0.39 is 5.97 Å². The Balaban J connectivity index is 4.08. The van der Waals surface area contributed by atoms with Gasteiger partial charge < -0.3 is 4.74 Å². The molecule has 2 nitrogen and oxygen atoms in total. The van der Waals surface area contributed by atoms with Crippen LogP contribution in [0.2, 0.25) is 0 Å². The van der Waals surface area contributed by atoms with Crippen molar-refractivity contribution in [1.82, 2.24) is 0 Å². The van der Waals surface area contributed by atoms with Crippen LogP contribution in [0.1, 0.15) is 40.5 Å². The molecule has 0 rings (SSSR count). The maximum absolute atomic E-state index is 11.0. The number of carbonyl (C=O) groups is 1. The monoisotopic (exact) mass is 196 g/mol. The summed E-state index contributed by atoms with van der Waals surface area (Å²) >= 11 is 0. The van der Waals surface area contributed by atoms with Gasteiger partial charge in [-0.25, -0.2) is 4.79 Å². The Morgan fingerprint density at radius 3 is 2.43 bits per heavy atom. The molecule has 0 heterocycles. The summed E-state index contributed by atoms with van der Waals surface area (Å²) in [7, 11) is 0. The van der Waals surface area contributed by atoms with Crippen LogP contribution in [-0.2, 0) is 9.53 Å². The standard InChI is InChI=1S/C12H20O2/c1-5-11(9-10(3)4)7-8-12(13)14-6-2/h10-11H,5-6,9H2,1-4H3. The molecular weight excluding hydrogens is 176 g/mol. The Morgan fingerprint density at radius 1 is 1.36 bits per heavy atom. The van der Waals surface area contributed by atoms with Gasteiger partial charge in [-0.3, -0.25) is 0 Å². The van der Waals surface area contributed by atoms with E-state index in [2.05, 4.69) is 32.6 Å². The van der Waals surface area contributed by atoms with E-state index in [4.69, 9.17) is 4.74 Å². The Bertz CT molecular complexity index is 220. The molecule has 0 bridgehead atoms. The highest BCUT2D eigenvalue weighted by atomic mass is 16.5. The molecule has 0 aliphatic heterocycles. The van der Waals surface area contributed by atoms with E-state index in [-0.39, 0.29) is 0 Å². The van der Waals surface area contributed by atoms with Gasteiger partial charge in [0.15, 0.2) is 0 Å². The molecule has 0 saturated heterocycles. The van der Waals surface area contributed by atoms with Gasteiger partial charge >= 0.3 is 5.97 Å². The maximum Gasteiger partial charge on any atom is 0.384 e. The summed E-state index contributed by atoms with van der Waals surface area (Å²) in [4.78, 5) is 11.0. The van der Waals surface area contributed by atoms with Crippen LogP contribution >= 0.6 is 0 Å². The maximum atomic E-state index is 11.0. The van der Waals surface area contributed by atoms with Crippen molar-refractivity contribution < 1.29 is 9.53 Å². The summed E-state index contributed by atoms with van der Waals surface area (Å²) in [5.41, 5.74) is 0. The first-order valence-corrected chi connectivity index (χ1v) is 5.28. The molecule has 2 heteroatoms. The fourth-order valence-corrected chi connectivity index (χ4v) is 1.22. The lowest BCUT2D eigenvalue weighted by Gasteiger charge is -2.09. The molecule has 0 saturated carbocycles. The van der Waals surface area contributed by atoms with Crippen molar-refractivity contribution in [2.45, 2.75) is 40.5 Å². The zero-order valence-electron chi connectivity index (χ0n) is 9.59. The summed E-state index contributed by atoms with van der Waals surface area (Å²) in [6, 6.07) is 0. The van der Waals surface area contributed by atoms with Gasteiger partial charge in [0, 0.05) is 11.8 Å². The van der Waals surface area contributed by atoms with E-state index >= 15 is 0 Å². The molecule has 0 spiro atoms. The summed E-state index contributed by atoms with van der Waals surface area (Å²) in [5, 5.41) is 0. The molecule has 0 N–H and O–H groups in total. The first-order chi connectivity index (χ1) is 6.60.